The maximum atomic E-state index is 10.5. The van der Waals surface area contributed by atoms with Gasteiger partial charge in [0.15, 0.2) is 0 Å². The highest BCUT2D eigenvalue weighted by atomic mass is 16.3. The van der Waals surface area contributed by atoms with Crippen LogP contribution in [-0.4, -0.2) is 33.6 Å². The molecular formula is C23H42O3. The summed E-state index contributed by atoms with van der Waals surface area (Å²) in [5.41, 5.74) is 0. The van der Waals surface area contributed by atoms with Gasteiger partial charge in [-0.1, -0.05) is 27.7 Å². The van der Waals surface area contributed by atoms with Gasteiger partial charge in [0.05, 0.1) is 18.3 Å². The molecule has 0 radical (unpaired) electrons. The van der Waals surface area contributed by atoms with Gasteiger partial charge in [0, 0.05) is 0 Å². The lowest BCUT2D eigenvalue weighted by molar-refractivity contribution is -0.0605. The Bertz CT molecular complexity index is 391. The summed E-state index contributed by atoms with van der Waals surface area (Å²) in [6, 6.07) is 0. The van der Waals surface area contributed by atoms with E-state index in [1.54, 1.807) is 0 Å². The van der Waals surface area contributed by atoms with Crippen LogP contribution in [0.1, 0.15) is 79.1 Å². The maximum absolute atomic E-state index is 10.5. The lowest BCUT2D eigenvalue weighted by Gasteiger charge is -2.49. The minimum Gasteiger partial charge on any atom is -0.393 e. The molecule has 0 aromatic carbocycles. The van der Waals surface area contributed by atoms with Crippen molar-refractivity contribution >= 4 is 0 Å². The summed E-state index contributed by atoms with van der Waals surface area (Å²) >= 11 is 0. The summed E-state index contributed by atoms with van der Waals surface area (Å²) in [4.78, 5) is 0. The highest BCUT2D eigenvalue weighted by molar-refractivity contribution is 4.95. The normalized spacial score (nSPS) is 51.8. The third-order valence-electron chi connectivity index (χ3n) is 8.40. The molecule has 3 N–H and O–H groups in total. The number of hydrogen-bond acceptors (Lipinski definition) is 3. The first-order valence-electron chi connectivity index (χ1n) is 11.3. The van der Waals surface area contributed by atoms with Crippen LogP contribution < -0.4 is 0 Å². The minimum atomic E-state index is -0.147. The highest BCUT2D eigenvalue weighted by Gasteiger charge is 2.45. The molecule has 3 saturated carbocycles. The summed E-state index contributed by atoms with van der Waals surface area (Å²) in [5.74, 6) is 4.39. The van der Waals surface area contributed by atoms with E-state index in [1.807, 2.05) is 0 Å². The van der Waals surface area contributed by atoms with E-state index < -0.39 is 0 Å². The van der Waals surface area contributed by atoms with Crippen molar-refractivity contribution in [1.82, 2.24) is 0 Å². The molecule has 152 valence electrons. The van der Waals surface area contributed by atoms with Crippen LogP contribution in [0.3, 0.4) is 0 Å². The molecule has 0 amide bonds. The summed E-state index contributed by atoms with van der Waals surface area (Å²) < 4.78 is 0. The van der Waals surface area contributed by atoms with E-state index in [4.69, 9.17) is 0 Å². The molecule has 3 rings (SSSR count). The fraction of sp³-hybridized carbons (Fsp3) is 1.00. The Balaban J connectivity index is 1.80. The number of aliphatic hydroxyl groups is 3. The second-order valence-corrected chi connectivity index (χ2v) is 10.5. The van der Waals surface area contributed by atoms with Crippen LogP contribution in [0.25, 0.3) is 0 Å². The molecule has 0 aliphatic heterocycles. The molecule has 4 unspecified atom stereocenters. The third kappa shape index (κ3) is 4.31. The molecule has 3 aliphatic carbocycles. The Hall–Kier alpha value is -0.120. The van der Waals surface area contributed by atoms with Gasteiger partial charge in [0.2, 0.25) is 0 Å². The summed E-state index contributed by atoms with van der Waals surface area (Å²) in [6.45, 7) is 8.91. The van der Waals surface area contributed by atoms with E-state index in [2.05, 4.69) is 27.7 Å². The maximum Gasteiger partial charge on any atom is 0.0591 e. The Kier molecular flexibility index (Phi) is 6.73. The Morgan fingerprint density at radius 3 is 1.23 bits per heavy atom. The van der Waals surface area contributed by atoms with Gasteiger partial charge >= 0.3 is 0 Å². The van der Waals surface area contributed by atoms with Gasteiger partial charge in [-0.05, 0) is 98.7 Å². The molecule has 3 aliphatic rings. The summed E-state index contributed by atoms with van der Waals surface area (Å²) in [7, 11) is 0. The van der Waals surface area contributed by atoms with Gasteiger partial charge in [-0.25, -0.2) is 0 Å². The summed E-state index contributed by atoms with van der Waals surface area (Å²) in [5, 5.41) is 30.9. The SMILES string of the molecule is CC1CC(C(C2CCC(O)CC2)C2CC(C)C(O)C(C)C2)CC(C)C1O. The lowest BCUT2D eigenvalue weighted by atomic mass is 9.57. The number of rotatable bonds is 3. The van der Waals surface area contributed by atoms with Crippen molar-refractivity contribution in [2.24, 2.45) is 47.3 Å². The van der Waals surface area contributed by atoms with Crippen molar-refractivity contribution < 1.29 is 15.3 Å². The monoisotopic (exact) mass is 366 g/mol. The van der Waals surface area contributed by atoms with Crippen LogP contribution in [-0.2, 0) is 0 Å². The second kappa shape index (κ2) is 8.49. The molecule has 3 fully saturated rings. The molecule has 3 nitrogen and oxygen atoms in total. The predicted molar refractivity (Wildman–Crippen MR) is 106 cm³/mol. The molecule has 0 saturated heterocycles. The van der Waals surface area contributed by atoms with Gasteiger partial charge in [-0.3, -0.25) is 0 Å². The minimum absolute atomic E-state index is 0.0936. The van der Waals surface area contributed by atoms with Gasteiger partial charge in [0.25, 0.3) is 0 Å². The lowest BCUT2D eigenvalue weighted by Crippen LogP contribution is -2.45. The molecule has 0 heterocycles. The molecule has 3 heteroatoms. The fourth-order valence-corrected chi connectivity index (χ4v) is 7.05. The number of hydrogen-bond donors (Lipinski definition) is 3. The zero-order valence-corrected chi connectivity index (χ0v) is 17.3. The third-order valence-corrected chi connectivity index (χ3v) is 8.40. The zero-order chi connectivity index (χ0) is 19.0. The molecular weight excluding hydrogens is 324 g/mol. The second-order valence-electron chi connectivity index (χ2n) is 10.5. The van der Waals surface area contributed by atoms with E-state index in [0.717, 1.165) is 57.3 Å². The Morgan fingerprint density at radius 2 is 0.885 bits per heavy atom. The first-order valence-corrected chi connectivity index (χ1v) is 11.3. The average Bonchev–Trinajstić information content (AvgIpc) is 2.59. The molecule has 0 spiro atoms. The van der Waals surface area contributed by atoms with Crippen molar-refractivity contribution in [3.8, 4) is 0 Å². The first-order chi connectivity index (χ1) is 12.3. The van der Waals surface area contributed by atoms with Crippen LogP contribution in [0.2, 0.25) is 0 Å². The number of aliphatic hydroxyl groups excluding tert-OH is 3. The van der Waals surface area contributed by atoms with Crippen molar-refractivity contribution in [3.05, 3.63) is 0 Å². The van der Waals surface area contributed by atoms with Gasteiger partial charge in [0.1, 0.15) is 0 Å². The predicted octanol–water partition coefficient (Wildman–Crippen LogP) is 4.24. The van der Waals surface area contributed by atoms with Crippen LogP contribution in [0, 0.1) is 47.3 Å². The molecule has 0 aromatic heterocycles. The fourth-order valence-electron chi connectivity index (χ4n) is 7.05. The van der Waals surface area contributed by atoms with Crippen molar-refractivity contribution in [2.75, 3.05) is 0 Å². The summed E-state index contributed by atoms with van der Waals surface area (Å²) in [6.07, 6.45) is 8.46. The van der Waals surface area contributed by atoms with Crippen LogP contribution in [0.4, 0.5) is 0 Å². The van der Waals surface area contributed by atoms with Crippen molar-refractivity contribution in [2.45, 2.75) is 97.4 Å². The quantitative estimate of drug-likeness (QED) is 0.700. The standard InChI is InChI=1S/C23H42O3/c1-13-9-18(10-14(2)22(13)25)21(17-5-7-20(24)8-6-17)19-11-15(3)23(26)16(4)12-19/h13-26H,5-12H2,1-4H3. The van der Waals surface area contributed by atoms with E-state index in [-0.39, 0.29) is 18.3 Å². The smallest absolute Gasteiger partial charge is 0.0591 e. The van der Waals surface area contributed by atoms with E-state index in [1.165, 1.54) is 0 Å². The van der Waals surface area contributed by atoms with Gasteiger partial charge < -0.3 is 15.3 Å². The van der Waals surface area contributed by atoms with Crippen molar-refractivity contribution in [3.63, 3.8) is 0 Å². The van der Waals surface area contributed by atoms with E-state index >= 15 is 0 Å². The van der Waals surface area contributed by atoms with Crippen molar-refractivity contribution in [1.29, 1.82) is 0 Å². The van der Waals surface area contributed by atoms with Gasteiger partial charge in [-0.15, -0.1) is 0 Å². The van der Waals surface area contributed by atoms with Crippen LogP contribution >= 0.6 is 0 Å². The van der Waals surface area contributed by atoms with E-state index in [0.29, 0.717) is 41.4 Å². The highest BCUT2D eigenvalue weighted by Crippen LogP contribution is 2.51. The van der Waals surface area contributed by atoms with Crippen LogP contribution in [0.15, 0.2) is 0 Å². The molecule has 4 atom stereocenters. The zero-order valence-electron chi connectivity index (χ0n) is 17.3. The van der Waals surface area contributed by atoms with Gasteiger partial charge in [-0.2, -0.15) is 0 Å². The molecule has 0 aromatic rings. The Labute approximate surface area is 160 Å². The molecule has 0 bridgehead atoms. The first kappa shape index (κ1) is 20.6. The van der Waals surface area contributed by atoms with E-state index in [9.17, 15) is 15.3 Å². The average molecular weight is 367 g/mol. The molecule has 26 heavy (non-hydrogen) atoms. The topological polar surface area (TPSA) is 60.7 Å². The largest absolute Gasteiger partial charge is 0.393 e. The van der Waals surface area contributed by atoms with Crippen LogP contribution in [0.5, 0.6) is 0 Å². The Morgan fingerprint density at radius 1 is 0.538 bits per heavy atom.